The predicted octanol–water partition coefficient (Wildman–Crippen LogP) is 1.14. The van der Waals surface area contributed by atoms with E-state index < -0.39 is 0 Å². The molecule has 0 amide bonds. The second-order valence-electron chi connectivity index (χ2n) is 2.87. The van der Waals surface area contributed by atoms with Crippen LogP contribution in [0.3, 0.4) is 0 Å². The maximum atomic E-state index is 8.73. The normalized spacial score (nSPS) is 9.57. The van der Waals surface area contributed by atoms with Gasteiger partial charge in [0.1, 0.15) is 0 Å². The van der Waals surface area contributed by atoms with Crippen molar-refractivity contribution in [3.05, 3.63) is 29.8 Å². The quantitative estimate of drug-likeness (QED) is 0.655. The lowest BCUT2D eigenvalue weighted by Crippen LogP contribution is -2.23. The van der Waals surface area contributed by atoms with Gasteiger partial charge in [-0.1, -0.05) is 12.1 Å². The Balaban J connectivity index is 2.59. The van der Waals surface area contributed by atoms with E-state index in [1.54, 1.807) is 7.05 Å². The van der Waals surface area contributed by atoms with Gasteiger partial charge >= 0.3 is 0 Å². The first-order valence-corrected chi connectivity index (χ1v) is 4.85. The van der Waals surface area contributed by atoms with Crippen molar-refractivity contribution < 1.29 is 5.11 Å². The van der Waals surface area contributed by atoms with Crippen molar-refractivity contribution in [1.82, 2.24) is 5.32 Å². The van der Waals surface area contributed by atoms with Crippen LogP contribution in [0.4, 0.5) is 5.69 Å². The number of benzene rings is 1. The number of nitrogens with one attached hydrogen (secondary N) is 2. The monoisotopic (exact) mass is 210 g/mol. The van der Waals surface area contributed by atoms with Crippen LogP contribution < -0.4 is 10.6 Å². The smallest absolute Gasteiger partial charge is 0.170 e. The number of hydrogen-bond acceptors (Lipinski definition) is 2. The molecule has 1 aromatic rings. The van der Waals surface area contributed by atoms with Crippen LogP contribution in [0.15, 0.2) is 24.3 Å². The Morgan fingerprint density at radius 3 is 2.50 bits per heavy atom. The average molecular weight is 210 g/mol. The van der Waals surface area contributed by atoms with E-state index in [2.05, 4.69) is 10.6 Å². The third-order valence-electron chi connectivity index (χ3n) is 1.84. The Morgan fingerprint density at radius 2 is 2.00 bits per heavy atom. The number of hydrogen-bond donors (Lipinski definition) is 3. The fourth-order valence-corrected chi connectivity index (χ4v) is 1.20. The molecule has 0 atom stereocenters. The Labute approximate surface area is 89.1 Å². The summed E-state index contributed by atoms with van der Waals surface area (Å²) in [5, 5.41) is 15.2. The number of aliphatic hydroxyl groups excluding tert-OH is 1. The summed E-state index contributed by atoms with van der Waals surface area (Å²) in [6, 6.07) is 7.82. The molecule has 0 spiro atoms. The fourth-order valence-electron chi connectivity index (χ4n) is 1.08. The zero-order chi connectivity index (χ0) is 10.4. The molecule has 3 N–H and O–H groups in total. The van der Waals surface area contributed by atoms with Crippen molar-refractivity contribution >= 4 is 23.0 Å². The van der Waals surface area contributed by atoms with Gasteiger partial charge in [-0.25, -0.2) is 0 Å². The lowest BCUT2D eigenvalue weighted by molar-refractivity contribution is 0.299. The standard InChI is InChI=1S/C10H14N2OS/c1-11-10(14)12-9-4-2-8(3-5-9)6-7-13/h2-5,13H,6-7H2,1H3,(H2,11,12,14). The molecule has 0 saturated heterocycles. The minimum atomic E-state index is 0.182. The summed E-state index contributed by atoms with van der Waals surface area (Å²) < 4.78 is 0. The van der Waals surface area contributed by atoms with Crippen molar-refractivity contribution in [2.75, 3.05) is 19.0 Å². The third-order valence-corrected chi connectivity index (χ3v) is 2.15. The minimum Gasteiger partial charge on any atom is -0.396 e. The lowest BCUT2D eigenvalue weighted by Gasteiger charge is -2.07. The fraction of sp³-hybridized carbons (Fsp3) is 0.300. The van der Waals surface area contributed by atoms with Gasteiger partial charge in [0.25, 0.3) is 0 Å². The van der Waals surface area contributed by atoms with E-state index in [1.165, 1.54) is 0 Å². The summed E-state index contributed by atoms with van der Waals surface area (Å²) in [5.41, 5.74) is 2.07. The molecule has 0 bridgehead atoms. The highest BCUT2D eigenvalue weighted by Crippen LogP contribution is 2.09. The number of rotatable bonds is 3. The first-order chi connectivity index (χ1) is 6.76. The van der Waals surface area contributed by atoms with Crippen LogP contribution in [0, 0.1) is 0 Å². The molecule has 0 fully saturated rings. The second kappa shape index (κ2) is 5.57. The molecule has 0 radical (unpaired) electrons. The highest BCUT2D eigenvalue weighted by molar-refractivity contribution is 7.80. The van der Waals surface area contributed by atoms with Gasteiger partial charge in [0.2, 0.25) is 0 Å². The van der Waals surface area contributed by atoms with E-state index in [-0.39, 0.29) is 6.61 Å². The van der Waals surface area contributed by atoms with E-state index in [0.29, 0.717) is 11.5 Å². The Morgan fingerprint density at radius 1 is 1.36 bits per heavy atom. The zero-order valence-electron chi connectivity index (χ0n) is 8.08. The van der Waals surface area contributed by atoms with Crippen molar-refractivity contribution in [3.63, 3.8) is 0 Å². The molecular weight excluding hydrogens is 196 g/mol. The van der Waals surface area contributed by atoms with Crippen LogP contribution in [-0.4, -0.2) is 23.9 Å². The van der Waals surface area contributed by atoms with E-state index in [4.69, 9.17) is 17.3 Å². The largest absolute Gasteiger partial charge is 0.396 e. The van der Waals surface area contributed by atoms with Crippen LogP contribution in [0.1, 0.15) is 5.56 Å². The maximum absolute atomic E-state index is 8.73. The van der Waals surface area contributed by atoms with Gasteiger partial charge in [-0.15, -0.1) is 0 Å². The molecule has 4 heteroatoms. The molecule has 0 saturated carbocycles. The number of anilines is 1. The van der Waals surface area contributed by atoms with Gasteiger partial charge in [-0.2, -0.15) is 0 Å². The first kappa shape index (κ1) is 10.9. The van der Waals surface area contributed by atoms with Crippen LogP contribution in [0.2, 0.25) is 0 Å². The molecule has 0 aliphatic heterocycles. The van der Waals surface area contributed by atoms with Gasteiger partial charge in [-0.3, -0.25) is 0 Å². The number of aliphatic hydroxyl groups is 1. The zero-order valence-corrected chi connectivity index (χ0v) is 8.90. The van der Waals surface area contributed by atoms with Crippen molar-refractivity contribution in [2.45, 2.75) is 6.42 Å². The third kappa shape index (κ3) is 3.32. The SMILES string of the molecule is CNC(=S)Nc1ccc(CCO)cc1. The molecule has 0 aliphatic rings. The van der Waals surface area contributed by atoms with Crippen LogP contribution >= 0.6 is 12.2 Å². The van der Waals surface area contributed by atoms with Crippen LogP contribution in [-0.2, 0) is 6.42 Å². The van der Waals surface area contributed by atoms with E-state index >= 15 is 0 Å². The van der Waals surface area contributed by atoms with Crippen molar-refractivity contribution in [2.24, 2.45) is 0 Å². The van der Waals surface area contributed by atoms with Crippen LogP contribution in [0.25, 0.3) is 0 Å². The van der Waals surface area contributed by atoms with E-state index in [9.17, 15) is 0 Å². The first-order valence-electron chi connectivity index (χ1n) is 4.45. The van der Waals surface area contributed by atoms with Gasteiger partial charge in [0.15, 0.2) is 5.11 Å². The van der Waals surface area contributed by atoms with Crippen molar-refractivity contribution in [3.8, 4) is 0 Å². The average Bonchev–Trinajstić information content (AvgIpc) is 2.21. The summed E-state index contributed by atoms with van der Waals surface area (Å²) in [6.07, 6.45) is 0.691. The van der Waals surface area contributed by atoms with Gasteiger partial charge in [0.05, 0.1) is 0 Å². The Kier molecular flexibility index (Phi) is 4.35. The van der Waals surface area contributed by atoms with E-state index in [0.717, 1.165) is 11.3 Å². The molecule has 0 heterocycles. The highest BCUT2D eigenvalue weighted by Gasteiger charge is 1.95. The van der Waals surface area contributed by atoms with Gasteiger partial charge in [-0.05, 0) is 36.3 Å². The Hall–Kier alpha value is -1.13. The van der Waals surface area contributed by atoms with Crippen molar-refractivity contribution in [1.29, 1.82) is 0 Å². The molecule has 0 aliphatic carbocycles. The molecule has 0 unspecified atom stereocenters. The molecule has 1 rings (SSSR count). The van der Waals surface area contributed by atoms with Gasteiger partial charge in [0, 0.05) is 19.3 Å². The van der Waals surface area contributed by atoms with E-state index in [1.807, 2.05) is 24.3 Å². The summed E-state index contributed by atoms with van der Waals surface area (Å²) in [7, 11) is 1.77. The summed E-state index contributed by atoms with van der Waals surface area (Å²) in [5.74, 6) is 0. The molecule has 3 nitrogen and oxygen atoms in total. The highest BCUT2D eigenvalue weighted by atomic mass is 32.1. The molecular formula is C10H14N2OS. The Bertz CT molecular complexity index is 297. The van der Waals surface area contributed by atoms with Crippen LogP contribution in [0.5, 0.6) is 0 Å². The molecule has 0 aromatic heterocycles. The second-order valence-corrected chi connectivity index (χ2v) is 3.28. The predicted molar refractivity (Wildman–Crippen MR) is 62.5 cm³/mol. The lowest BCUT2D eigenvalue weighted by atomic mass is 10.1. The molecule has 14 heavy (non-hydrogen) atoms. The molecule has 1 aromatic carbocycles. The summed E-state index contributed by atoms with van der Waals surface area (Å²) in [6.45, 7) is 0.182. The topological polar surface area (TPSA) is 44.3 Å². The van der Waals surface area contributed by atoms with Gasteiger partial charge < -0.3 is 15.7 Å². The number of thiocarbonyl (C=S) groups is 1. The molecule has 76 valence electrons. The summed E-state index contributed by atoms with van der Waals surface area (Å²) >= 11 is 4.96. The maximum Gasteiger partial charge on any atom is 0.170 e. The minimum absolute atomic E-state index is 0.182. The summed E-state index contributed by atoms with van der Waals surface area (Å²) in [4.78, 5) is 0.